The van der Waals surface area contributed by atoms with Crippen molar-refractivity contribution < 1.29 is 4.79 Å². The molecule has 1 heterocycles. The van der Waals surface area contributed by atoms with Crippen LogP contribution in [0.2, 0.25) is 0 Å². The van der Waals surface area contributed by atoms with Crippen LogP contribution >= 0.6 is 12.2 Å². The van der Waals surface area contributed by atoms with E-state index in [2.05, 4.69) is 11.9 Å². The zero-order chi connectivity index (χ0) is 14.1. The summed E-state index contributed by atoms with van der Waals surface area (Å²) in [6.07, 6.45) is 7.06. The summed E-state index contributed by atoms with van der Waals surface area (Å²) in [6.45, 7) is 3.46. The van der Waals surface area contributed by atoms with Crippen LogP contribution in [0.3, 0.4) is 0 Å². The molecule has 1 amide bonds. The molecule has 104 valence electrons. The molecule has 4 nitrogen and oxygen atoms in total. The molecule has 0 bridgehead atoms. The van der Waals surface area contributed by atoms with Gasteiger partial charge in [0.25, 0.3) is 5.91 Å². The Labute approximate surface area is 120 Å². The Kier molecular flexibility index (Phi) is 7.03. The van der Waals surface area contributed by atoms with Crippen LogP contribution in [0.5, 0.6) is 0 Å². The molecule has 0 aliphatic rings. The maximum Gasteiger partial charge on any atom is 0.255 e. The van der Waals surface area contributed by atoms with Gasteiger partial charge in [-0.3, -0.25) is 9.78 Å². The fourth-order valence-corrected chi connectivity index (χ4v) is 1.88. The summed E-state index contributed by atoms with van der Waals surface area (Å²) in [4.78, 5) is 18.6. The van der Waals surface area contributed by atoms with Crippen molar-refractivity contribution in [3.8, 4) is 0 Å². The molecule has 0 atom stereocenters. The monoisotopic (exact) mass is 279 g/mol. The van der Waals surface area contributed by atoms with E-state index in [0.717, 1.165) is 25.8 Å². The molecule has 1 aromatic heterocycles. The molecule has 0 fully saturated rings. The molecule has 0 aliphatic heterocycles. The molecule has 2 N–H and O–H groups in total. The van der Waals surface area contributed by atoms with Gasteiger partial charge >= 0.3 is 0 Å². The number of carbonyl (C=O) groups excluding carboxylic acids is 1. The third-order valence-electron chi connectivity index (χ3n) is 2.86. The third-order valence-corrected chi connectivity index (χ3v) is 3.06. The van der Waals surface area contributed by atoms with Crippen LogP contribution in [0.15, 0.2) is 24.5 Å². The van der Waals surface area contributed by atoms with E-state index in [0.29, 0.717) is 23.5 Å². The number of thiocarbonyl (C=S) groups is 1. The molecule has 0 aliphatic carbocycles. The summed E-state index contributed by atoms with van der Waals surface area (Å²) in [5, 5.41) is 0. The van der Waals surface area contributed by atoms with Crippen molar-refractivity contribution in [2.24, 2.45) is 5.73 Å². The first-order valence-corrected chi connectivity index (χ1v) is 7.03. The Hall–Kier alpha value is -1.49. The number of rotatable bonds is 8. The minimum absolute atomic E-state index is 0.000420. The molecule has 5 heteroatoms. The standard InChI is InChI=1S/C14H21N3OS/c1-2-3-4-9-17(10-7-13(15)19)14(18)12-6-5-8-16-11-12/h5-6,8,11H,2-4,7,9-10H2,1H3,(H2,15,19). The van der Waals surface area contributed by atoms with E-state index in [4.69, 9.17) is 18.0 Å². The number of pyridine rings is 1. The van der Waals surface area contributed by atoms with Crippen LogP contribution in [-0.2, 0) is 0 Å². The quantitative estimate of drug-likeness (QED) is 0.586. The average molecular weight is 279 g/mol. The topological polar surface area (TPSA) is 59.2 Å². The second-order valence-electron chi connectivity index (χ2n) is 4.46. The van der Waals surface area contributed by atoms with Gasteiger partial charge in [0.1, 0.15) is 0 Å². The van der Waals surface area contributed by atoms with Gasteiger partial charge in [0.05, 0.1) is 10.6 Å². The lowest BCUT2D eigenvalue weighted by molar-refractivity contribution is 0.0757. The van der Waals surface area contributed by atoms with Crippen LogP contribution in [0.4, 0.5) is 0 Å². The van der Waals surface area contributed by atoms with Crippen LogP contribution in [-0.4, -0.2) is 33.9 Å². The lowest BCUT2D eigenvalue weighted by atomic mass is 10.2. The molecular weight excluding hydrogens is 258 g/mol. The van der Waals surface area contributed by atoms with E-state index in [-0.39, 0.29) is 5.91 Å². The van der Waals surface area contributed by atoms with Gasteiger partial charge in [-0.1, -0.05) is 32.0 Å². The lowest BCUT2D eigenvalue weighted by Gasteiger charge is -2.22. The first kappa shape index (κ1) is 15.6. The van der Waals surface area contributed by atoms with Gasteiger partial charge in [0.2, 0.25) is 0 Å². The van der Waals surface area contributed by atoms with Gasteiger partial charge in [-0.05, 0) is 18.6 Å². The van der Waals surface area contributed by atoms with Crippen molar-refractivity contribution in [3.63, 3.8) is 0 Å². The Bertz CT molecular complexity index is 408. The number of hydrogen-bond acceptors (Lipinski definition) is 3. The van der Waals surface area contributed by atoms with Crippen LogP contribution in [0.1, 0.15) is 43.0 Å². The zero-order valence-corrected chi connectivity index (χ0v) is 12.2. The highest BCUT2D eigenvalue weighted by atomic mass is 32.1. The normalized spacial score (nSPS) is 10.2. The fourth-order valence-electron chi connectivity index (χ4n) is 1.78. The Balaban J connectivity index is 2.65. The summed E-state index contributed by atoms with van der Waals surface area (Å²) in [6, 6.07) is 3.55. The summed E-state index contributed by atoms with van der Waals surface area (Å²) < 4.78 is 0. The van der Waals surface area contributed by atoms with Gasteiger partial charge in [0.15, 0.2) is 0 Å². The highest BCUT2D eigenvalue weighted by Gasteiger charge is 2.15. The molecule has 0 aromatic carbocycles. The maximum absolute atomic E-state index is 12.4. The Morgan fingerprint density at radius 2 is 2.21 bits per heavy atom. The highest BCUT2D eigenvalue weighted by Crippen LogP contribution is 2.07. The fraction of sp³-hybridized carbons (Fsp3) is 0.500. The predicted molar refractivity (Wildman–Crippen MR) is 81.1 cm³/mol. The summed E-state index contributed by atoms with van der Waals surface area (Å²) in [5.74, 6) is 0.000420. The Morgan fingerprint density at radius 1 is 1.42 bits per heavy atom. The van der Waals surface area contributed by atoms with Crippen molar-refractivity contribution in [1.82, 2.24) is 9.88 Å². The number of carbonyl (C=O) groups is 1. The SMILES string of the molecule is CCCCCN(CCC(N)=S)C(=O)c1cccnc1. The molecule has 0 unspecified atom stereocenters. The predicted octanol–water partition coefficient (Wildman–Crippen LogP) is 2.39. The van der Waals surface area contributed by atoms with Crippen LogP contribution in [0, 0.1) is 0 Å². The van der Waals surface area contributed by atoms with Gasteiger partial charge < -0.3 is 10.6 Å². The van der Waals surface area contributed by atoms with Crippen molar-refractivity contribution in [3.05, 3.63) is 30.1 Å². The van der Waals surface area contributed by atoms with Crippen molar-refractivity contribution in [2.75, 3.05) is 13.1 Å². The van der Waals surface area contributed by atoms with Crippen LogP contribution in [0.25, 0.3) is 0 Å². The molecule has 19 heavy (non-hydrogen) atoms. The summed E-state index contributed by atoms with van der Waals surface area (Å²) in [7, 11) is 0. The van der Waals surface area contributed by atoms with E-state index in [1.807, 2.05) is 4.90 Å². The first-order chi connectivity index (χ1) is 9.15. The number of amides is 1. The first-order valence-electron chi connectivity index (χ1n) is 6.62. The average Bonchev–Trinajstić information content (AvgIpc) is 2.42. The van der Waals surface area contributed by atoms with Gasteiger partial charge in [0, 0.05) is 31.9 Å². The molecule has 1 aromatic rings. The molecule has 0 saturated heterocycles. The summed E-state index contributed by atoms with van der Waals surface area (Å²) in [5.41, 5.74) is 6.13. The molecule has 1 rings (SSSR count). The number of hydrogen-bond donors (Lipinski definition) is 1. The van der Waals surface area contributed by atoms with E-state index < -0.39 is 0 Å². The molecule has 0 radical (unpaired) electrons. The smallest absolute Gasteiger partial charge is 0.255 e. The summed E-state index contributed by atoms with van der Waals surface area (Å²) >= 11 is 4.88. The van der Waals surface area contributed by atoms with Gasteiger partial charge in [-0.2, -0.15) is 0 Å². The maximum atomic E-state index is 12.4. The number of nitrogens with zero attached hydrogens (tertiary/aromatic N) is 2. The number of nitrogens with two attached hydrogens (primary N) is 1. The second-order valence-corrected chi connectivity index (χ2v) is 4.98. The van der Waals surface area contributed by atoms with Crippen LogP contribution < -0.4 is 5.73 Å². The van der Waals surface area contributed by atoms with Crippen molar-refractivity contribution >= 4 is 23.1 Å². The van der Waals surface area contributed by atoms with Gasteiger partial charge in [-0.25, -0.2) is 0 Å². The van der Waals surface area contributed by atoms with E-state index in [1.54, 1.807) is 24.5 Å². The second kappa shape index (κ2) is 8.58. The van der Waals surface area contributed by atoms with E-state index in [1.165, 1.54) is 0 Å². The molecular formula is C14H21N3OS. The van der Waals surface area contributed by atoms with Crippen molar-refractivity contribution in [2.45, 2.75) is 32.6 Å². The molecule has 0 saturated carbocycles. The largest absolute Gasteiger partial charge is 0.393 e. The van der Waals surface area contributed by atoms with E-state index >= 15 is 0 Å². The van der Waals surface area contributed by atoms with Crippen molar-refractivity contribution in [1.29, 1.82) is 0 Å². The Morgan fingerprint density at radius 3 is 2.79 bits per heavy atom. The minimum Gasteiger partial charge on any atom is -0.393 e. The van der Waals surface area contributed by atoms with Gasteiger partial charge in [-0.15, -0.1) is 0 Å². The van der Waals surface area contributed by atoms with E-state index in [9.17, 15) is 4.79 Å². The number of unbranched alkanes of at least 4 members (excludes halogenated alkanes) is 2. The molecule has 0 spiro atoms. The minimum atomic E-state index is 0.000420. The third kappa shape index (κ3) is 5.79. The zero-order valence-electron chi connectivity index (χ0n) is 11.3. The number of aromatic nitrogens is 1. The lowest BCUT2D eigenvalue weighted by Crippen LogP contribution is -2.34. The highest BCUT2D eigenvalue weighted by molar-refractivity contribution is 7.80.